The third-order valence-electron chi connectivity index (χ3n) is 3.66. The van der Waals surface area contributed by atoms with Crippen LogP contribution in [-0.4, -0.2) is 22.9 Å². The van der Waals surface area contributed by atoms with Gasteiger partial charge in [0.2, 0.25) is 5.91 Å². The number of rotatable bonds is 6. The van der Waals surface area contributed by atoms with Crippen molar-refractivity contribution in [2.75, 3.05) is 12.4 Å². The zero-order valence-corrected chi connectivity index (χ0v) is 13.5. The number of methoxy groups -OCH3 is 1. The lowest BCUT2D eigenvalue weighted by atomic mass is 10.00. The van der Waals surface area contributed by atoms with Crippen LogP contribution in [0, 0.1) is 20.2 Å². The van der Waals surface area contributed by atoms with E-state index in [9.17, 15) is 25.0 Å². The van der Waals surface area contributed by atoms with Crippen LogP contribution in [0.15, 0.2) is 42.5 Å². The van der Waals surface area contributed by atoms with E-state index in [1.54, 1.807) is 6.92 Å². The van der Waals surface area contributed by atoms with Crippen molar-refractivity contribution in [2.24, 2.45) is 0 Å². The molecule has 1 amide bonds. The van der Waals surface area contributed by atoms with Gasteiger partial charge in [-0.05, 0) is 24.6 Å². The fourth-order valence-corrected chi connectivity index (χ4v) is 2.17. The highest BCUT2D eigenvalue weighted by Gasteiger charge is 2.21. The third kappa shape index (κ3) is 4.08. The van der Waals surface area contributed by atoms with Crippen molar-refractivity contribution in [2.45, 2.75) is 12.8 Å². The van der Waals surface area contributed by atoms with Crippen LogP contribution in [0.1, 0.15) is 18.4 Å². The molecule has 0 aliphatic heterocycles. The summed E-state index contributed by atoms with van der Waals surface area (Å²) in [5, 5.41) is 24.3. The van der Waals surface area contributed by atoms with Gasteiger partial charge in [0.1, 0.15) is 11.4 Å². The predicted octanol–water partition coefficient (Wildman–Crippen LogP) is 3.25. The zero-order valence-electron chi connectivity index (χ0n) is 13.5. The molecule has 2 rings (SSSR count). The van der Waals surface area contributed by atoms with Gasteiger partial charge >= 0.3 is 0 Å². The minimum atomic E-state index is -0.650. The number of nitro benzene ring substituents is 2. The summed E-state index contributed by atoms with van der Waals surface area (Å²) in [6.07, 6.45) is 0. The van der Waals surface area contributed by atoms with E-state index in [1.165, 1.54) is 49.6 Å². The number of hydrogen-bond acceptors (Lipinski definition) is 6. The Bertz CT molecular complexity index is 819. The fraction of sp³-hybridized carbons (Fsp3) is 0.188. The SMILES string of the molecule is COc1ccc(NC(=O)C(C)c2ccc([N+](=O)[O-])cc2)c([N+](=O)[O-])c1. The number of nitrogens with one attached hydrogen (secondary N) is 1. The van der Waals surface area contributed by atoms with Crippen LogP contribution in [0.25, 0.3) is 0 Å². The second-order valence-electron chi connectivity index (χ2n) is 5.20. The average molecular weight is 345 g/mol. The smallest absolute Gasteiger partial charge is 0.296 e. The summed E-state index contributed by atoms with van der Waals surface area (Å²) in [6, 6.07) is 9.66. The molecule has 0 radical (unpaired) electrons. The van der Waals surface area contributed by atoms with Gasteiger partial charge in [-0.3, -0.25) is 25.0 Å². The van der Waals surface area contributed by atoms with Crippen LogP contribution in [0.5, 0.6) is 5.75 Å². The van der Waals surface area contributed by atoms with Gasteiger partial charge in [0, 0.05) is 12.1 Å². The maximum absolute atomic E-state index is 12.4. The molecule has 9 nitrogen and oxygen atoms in total. The first-order valence-electron chi connectivity index (χ1n) is 7.21. The molecule has 2 aromatic rings. The molecule has 25 heavy (non-hydrogen) atoms. The number of non-ortho nitro benzene ring substituents is 1. The first-order chi connectivity index (χ1) is 11.8. The molecule has 0 saturated heterocycles. The summed E-state index contributed by atoms with van der Waals surface area (Å²) in [4.78, 5) is 33.0. The fourth-order valence-electron chi connectivity index (χ4n) is 2.17. The number of amides is 1. The lowest BCUT2D eigenvalue weighted by Gasteiger charge is -2.13. The van der Waals surface area contributed by atoms with E-state index >= 15 is 0 Å². The minimum Gasteiger partial charge on any atom is -0.496 e. The Hall–Kier alpha value is -3.49. The number of carbonyl (C=O) groups is 1. The molecule has 0 aromatic heterocycles. The number of ether oxygens (including phenoxy) is 1. The van der Waals surface area contributed by atoms with Crippen LogP contribution >= 0.6 is 0 Å². The molecule has 0 fully saturated rings. The van der Waals surface area contributed by atoms with Gasteiger partial charge in [0.05, 0.1) is 28.9 Å². The molecule has 0 saturated carbocycles. The van der Waals surface area contributed by atoms with Crippen molar-refractivity contribution in [1.82, 2.24) is 0 Å². The molecule has 0 heterocycles. The molecular formula is C16H15N3O6. The Labute approximate surface area is 142 Å². The van der Waals surface area contributed by atoms with Crippen molar-refractivity contribution in [3.63, 3.8) is 0 Å². The Morgan fingerprint density at radius 2 is 1.72 bits per heavy atom. The van der Waals surface area contributed by atoms with Gasteiger partial charge < -0.3 is 10.1 Å². The normalized spacial score (nSPS) is 11.4. The molecular weight excluding hydrogens is 330 g/mol. The predicted molar refractivity (Wildman–Crippen MR) is 89.8 cm³/mol. The summed E-state index contributed by atoms with van der Waals surface area (Å²) >= 11 is 0. The van der Waals surface area contributed by atoms with Gasteiger partial charge in [-0.1, -0.05) is 12.1 Å². The Morgan fingerprint density at radius 1 is 1.08 bits per heavy atom. The molecule has 9 heteroatoms. The van der Waals surface area contributed by atoms with E-state index in [0.717, 1.165) is 0 Å². The number of carbonyl (C=O) groups excluding carboxylic acids is 1. The van der Waals surface area contributed by atoms with Gasteiger partial charge in [-0.25, -0.2) is 0 Å². The Kier molecular flexibility index (Phi) is 5.28. The van der Waals surface area contributed by atoms with Crippen molar-refractivity contribution in [3.8, 4) is 5.75 Å². The molecule has 0 bridgehead atoms. The maximum Gasteiger partial charge on any atom is 0.296 e. The van der Waals surface area contributed by atoms with E-state index < -0.39 is 21.7 Å². The van der Waals surface area contributed by atoms with E-state index in [4.69, 9.17) is 4.74 Å². The van der Waals surface area contributed by atoms with Crippen molar-refractivity contribution < 1.29 is 19.4 Å². The lowest BCUT2D eigenvalue weighted by molar-refractivity contribution is -0.384. The topological polar surface area (TPSA) is 125 Å². The summed E-state index contributed by atoms with van der Waals surface area (Å²) in [5.74, 6) is -0.822. The summed E-state index contributed by atoms with van der Waals surface area (Å²) in [5.41, 5.74) is 0.231. The molecule has 130 valence electrons. The summed E-state index contributed by atoms with van der Waals surface area (Å²) in [6.45, 7) is 1.60. The highest BCUT2D eigenvalue weighted by atomic mass is 16.6. The molecule has 0 spiro atoms. The Balaban J connectivity index is 2.21. The number of nitrogens with zero attached hydrogens (tertiary/aromatic N) is 2. The van der Waals surface area contributed by atoms with Crippen LogP contribution in [0.4, 0.5) is 17.1 Å². The monoisotopic (exact) mass is 345 g/mol. The minimum absolute atomic E-state index is 0.0459. The number of benzene rings is 2. The lowest BCUT2D eigenvalue weighted by Crippen LogP contribution is -2.19. The van der Waals surface area contributed by atoms with Crippen LogP contribution < -0.4 is 10.1 Å². The summed E-state index contributed by atoms with van der Waals surface area (Å²) < 4.78 is 4.94. The first kappa shape index (κ1) is 17.9. The van der Waals surface area contributed by atoms with Gasteiger partial charge in [-0.15, -0.1) is 0 Å². The molecule has 1 atom stereocenters. The molecule has 0 aliphatic carbocycles. The highest BCUT2D eigenvalue weighted by molar-refractivity contribution is 5.97. The van der Waals surface area contributed by atoms with Gasteiger partial charge in [-0.2, -0.15) is 0 Å². The second-order valence-corrected chi connectivity index (χ2v) is 5.20. The standard InChI is InChI=1S/C16H15N3O6/c1-10(11-3-5-12(6-4-11)18(21)22)16(20)17-14-8-7-13(25-2)9-15(14)19(23)24/h3-10H,1-2H3,(H,17,20). The van der Waals surface area contributed by atoms with E-state index in [2.05, 4.69) is 5.32 Å². The highest BCUT2D eigenvalue weighted by Crippen LogP contribution is 2.30. The molecule has 2 aromatic carbocycles. The number of nitro groups is 2. The Morgan fingerprint density at radius 3 is 2.24 bits per heavy atom. The first-order valence-corrected chi connectivity index (χ1v) is 7.21. The maximum atomic E-state index is 12.4. The van der Waals surface area contributed by atoms with Crippen LogP contribution in [0.2, 0.25) is 0 Å². The van der Waals surface area contributed by atoms with Crippen molar-refractivity contribution >= 4 is 23.0 Å². The zero-order chi connectivity index (χ0) is 18.6. The molecule has 1 N–H and O–H groups in total. The molecule has 0 aliphatic rings. The van der Waals surface area contributed by atoms with E-state index in [1.807, 2.05) is 0 Å². The summed E-state index contributed by atoms with van der Waals surface area (Å²) in [7, 11) is 1.38. The van der Waals surface area contributed by atoms with Crippen molar-refractivity contribution in [1.29, 1.82) is 0 Å². The quantitative estimate of drug-likeness (QED) is 0.633. The second kappa shape index (κ2) is 7.39. The van der Waals surface area contributed by atoms with E-state index in [-0.39, 0.29) is 17.1 Å². The van der Waals surface area contributed by atoms with E-state index in [0.29, 0.717) is 11.3 Å². The van der Waals surface area contributed by atoms with Gasteiger partial charge in [0.15, 0.2) is 0 Å². The van der Waals surface area contributed by atoms with Crippen LogP contribution in [0.3, 0.4) is 0 Å². The van der Waals surface area contributed by atoms with Gasteiger partial charge in [0.25, 0.3) is 11.4 Å². The third-order valence-corrected chi connectivity index (χ3v) is 3.66. The number of anilines is 1. The number of hydrogen-bond donors (Lipinski definition) is 1. The molecule has 1 unspecified atom stereocenters. The van der Waals surface area contributed by atoms with Crippen molar-refractivity contribution in [3.05, 3.63) is 68.3 Å². The van der Waals surface area contributed by atoms with Crippen LogP contribution in [-0.2, 0) is 4.79 Å². The largest absolute Gasteiger partial charge is 0.496 e. The average Bonchev–Trinajstić information content (AvgIpc) is 2.61.